The van der Waals surface area contributed by atoms with Crippen LogP contribution in [-0.2, 0) is 9.47 Å². The predicted molar refractivity (Wildman–Crippen MR) is 97.3 cm³/mol. The van der Waals surface area contributed by atoms with Crippen LogP contribution in [0, 0.1) is 11.3 Å². The van der Waals surface area contributed by atoms with Crippen LogP contribution in [0.5, 0.6) is 0 Å². The van der Waals surface area contributed by atoms with Gasteiger partial charge in [0.2, 0.25) is 0 Å². The van der Waals surface area contributed by atoms with Gasteiger partial charge >= 0.3 is 0 Å². The second-order valence-corrected chi connectivity index (χ2v) is 6.74. The summed E-state index contributed by atoms with van der Waals surface area (Å²) in [5, 5.41) is 0. The van der Waals surface area contributed by atoms with Gasteiger partial charge in [-0.05, 0) is 65.4 Å². The molecule has 2 heteroatoms. The van der Waals surface area contributed by atoms with E-state index in [2.05, 4.69) is 53.7 Å². The lowest BCUT2D eigenvalue weighted by Crippen LogP contribution is -2.27. The van der Waals surface area contributed by atoms with Gasteiger partial charge in [-0.2, -0.15) is 0 Å². The highest BCUT2D eigenvalue weighted by atomic mass is 16.5. The van der Waals surface area contributed by atoms with Crippen molar-refractivity contribution in [3.8, 4) is 0 Å². The number of allylic oxidation sites excluding steroid dienone is 3. The van der Waals surface area contributed by atoms with Gasteiger partial charge in [0, 0.05) is 25.7 Å². The molecule has 130 valence electrons. The molecule has 2 unspecified atom stereocenters. The van der Waals surface area contributed by atoms with Gasteiger partial charge in [0.1, 0.15) is 0 Å². The maximum absolute atomic E-state index is 5.66. The summed E-state index contributed by atoms with van der Waals surface area (Å²) >= 11 is 0. The van der Waals surface area contributed by atoms with E-state index in [4.69, 9.17) is 9.47 Å². The second-order valence-electron chi connectivity index (χ2n) is 6.74. The highest BCUT2D eigenvalue weighted by Gasteiger charge is 2.31. The third-order valence-corrected chi connectivity index (χ3v) is 4.48. The normalized spacial score (nSPS) is 22.5. The Kier molecular flexibility index (Phi) is 10.7. The fraction of sp³-hybridized carbons (Fsp3) is 0.800. The molecule has 0 spiro atoms. The highest BCUT2D eigenvalue weighted by molar-refractivity contribution is 5.22. The van der Waals surface area contributed by atoms with Crippen LogP contribution in [0.25, 0.3) is 0 Å². The zero-order chi connectivity index (χ0) is 17.2. The average molecular weight is 311 g/mol. The topological polar surface area (TPSA) is 18.5 Å². The van der Waals surface area contributed by atoms with Crippen molar-refractivity contribution in [3.63, 3.8) is 0 Å². The van der Waals surface area contributed by atoms with E-state index in [1.54, 1.807) is 0 Å². The summed E-state index contributed by atoms with van der Waals surface area (Å²) in [5.41, 5.74) is 3.26. The molecule has 1 aliphatic carbocycles. The van der Waals surface area contributed by atoms with Gasteiger partial charge < -0.3 is 9.47 Å². The fourth-order valence-electron chi connectivity index (χ4n) is 2.91. The monoisotopic (exact) mass is 310 g/mol. The lowest BCUT2D eigenvalue weighted by atomic mass is 9.68. The third kappa shape index (κ3) is 7.60. The van der Waals surface area contributed by atoms with E-state index >= 15 is 0 Å². The van der Waals surface area contributed by atoms with Gasteiger partial charge in [0.15, 0.2) is 0 Å². The largest absolute Gasteiger partial charge is 0.382 e. The van der Waals surface area contributed by atoms with Crippen LogP contribution in [0.1, 0.15) is 68.2 Å². The zero-order valence-electron chi connectivity index (χ0n) is 16.2. The summed E-state index contributed by atoms with van der Waals surface area (Å²) < 4.78 is 10.5. The molecule has 2 nitrogen and oxygen atoms in total. The quantitative estimate of drug-likeness (QED) is 0.579. The Hall–Kier alpha value is -0.600. The molecule has 0 fully saturated rings. The Morgan fingerprint density at radius 1 is 1.27 bits per heavy atom. The Morgan fingerprint density at radius 2 is 1.86 bits per heavy atom. The lowest BCUT2D eigenvalue weighted by Gasteiger charge is -2.37. The van der Waals surface area contributed by atoms with Crippen molar-refractivity contribution in [3.05, 3.63) is 23.3 Å². The van der Waals surface area contributed by atoms with Gasteiger partial charge in [-0.25, -0.2) is 0 Å². The Morgan fingerprint density at radius 3 is 2.27 bits per heavy atom. The van der Waals surface area contributed by atoms with Crippen LogP contribution < -0.4 is 0 Å². The van der Waals surface area contributed by atoms with Gasteiger partial charge in [0.05, 0.1) is 6.10 Å². The molecular formula is C20H38O2. The standard InChI is InChI=1S/C16H28O.C4H10O/c1-7-17-14(4)13(3)11-15-12(2)9-8-10-16(15,5)6;1-3-5-4-2/h9,11,14-15H,7-8,10H2,1-6H3;3-4H2,1-2H3. The molecule has 0 bridgehead atoms. The first kappa shape index (κ1) is 21.4. The molecule has 1 rings (SSSR count). The van der Waals surface area contributed by atoms with Crippen molar-refractivity contribution in [2.75, 3.05) is 19.8 Å². The molecule has 0 heterocycles. The number of hydrogen-bond acceptors (Lipinski definition) is 2. The molecular weight excluding hydrogens is 272 g/mol. The van der Waals surface area contributed by atoms with E-state index < -0.39 is 0 Å². The summed E-state index contributed by atoms with van der Waals surface area (Å²) in [7, 11) is 0. The molecule has 2 atom stereocenters. The molecule has 1 aliphatic rings. The highest BCUT2D eigenvalue weighted by Crippen LogP contribution is 2.42. The van der Waals surface area contributed by atoms with Crippen molar-refractivity contribution in [1.82, 2.24) is 0 Å². The molecule has 0 saturated carbocycles. The average Bonchev–Trinajstić information content (AvgIpc) is 2.44. The zero-order valence-corrected chi connectivity index (χ0v) is 16.2. The van der Waals surface area contributed by atoms with Crippen LogP contribution in [0.2, 0.25) is 0 Å². The van der Waals surface area contributed by atoms with E-state index in [1.165, 1.54) is 24.0 Å². The summed E-state index contributed by atoms with van der Waals surface area (Å²) in [6.07, 6.45) is 7.56. The molecule has 0 N–H and O–H groups in total. The van der Waals surface area contributed by atoms with Crippen LogP contribution in [0.3, 0.4) is 0 Å². The summed E-state index contributed by atoms with van der Waals surface area (Å²) in [5.74, 6) is 0.569. The van der Waals surface area contributed by atoms with Crippen LogP contribution in [-0.4, -0.2) is 25.9 Å². The smallest absolute Gasteiger partial charge is 0.0754 e. The molecule has 0 aromatic carbocycles. The van der Waals surface area contributed by atoms with E-state index in [0.29, 0.717) is 11.3 Å². The molecule has 0 aromatic rings. The molecule has 22 heavy (non-hydrogen) atoms. The number of hydrogen-bond donors (Lipinski definition) is 0. The molecule has 0 radical (unpaired) electrons. The maximum atomic E-state index is 5.66. The summed E-state index contributed by atoms with van der Waals surface area (Å²) in [6, 6.07) is 0. The first-order valence-electron chi connectivity index (χ1n) is 8.84. The van der Waals surface area contributed by atoms with E-state index in [-0.39, 0.29) is 6.10 Å². The minimum Gasteiger partial charge on any atom is -0.382 e. The minimum absolute atomic E-state index is 0.241. The lowest BCUT2D eigenvalue weighted by molar-refractivity contribution is 0.100. The van der Waals surface area contributed by atoms with Crippen molar-refractivity contribution >= 4 is 0 Å². The number of ether oxygens (including phenoxy) is 2. The van der Waals surface area contributed by atoms with Crippen molar-refractivity contribution in [2.24, 2.45) is 11.3 Å². The van der Waals surface area contributed by atoms with Crippen molar-refractivity contribution in [1.29, 1.82) is 0 Å². The van der Waals surface area contributed by atoms with E-state index in [0.717, 1.165) is 19.8 Å². The number of rotatable bonds is 6. The predicted octanol–water partition coefficient (Wildman–Crippen LogP) is 5.78. The van der Waals surface area contributed by atoms with Crippen LogP contribution in [0.15, 0.2) is 23.3 Å². The van der Waals surface area contributed by atoms with Gasteiger partial charge in [-0.15, -0.1) is 0 Å². The van der Waals surface area contributed by atoms with Gasteiger partial charge in [-0.1, -0.05) is 31.6 Å². The van der Waals surface area contributed by atoms with Gasteiger partial charge in [0.25, 0.3) is 0 Å². The molecule has 0 saturated heterocycles. The van der Waals surface area contributed by atoms with Crippen LogP contribution >= 0.6 is 0 Å². The van der Waals surface area contributed by atoms with Crippen molar-refractivity contribution < 1.29 is 9.47 Å². The first-order chi connectivity index (χ1) is 10.3. The Bertz CT molecular complexity index is 351. The fourth-order valence-corrected chi connectivity index (χ4v) is 2.91. The second kappa shape index (κ2) is 11.0. The first-order valence-corrected chi connectivity index (χ1v) is 8.84. The van der Waals surface area contributed by atoms with Gasteiger partial charge in [-0.3, -0.25) is 0 Å². The minimum atomic E-state index is 0.241. The Balaban J connectivity index is 0.000000763. The van der Waals surface area contributed by atoms with Crippen LogP contribution in [0.4, 0.5) is 0 Å². The molecule has 0 aliphatic heterocycles. The maximum Gasteiger partial charge on any atom is 0.0754 e. The van der Waals surface area contributed by atoms with E-state index in [1.807, 2.05) is 13.8 Å². The van der Waals surface area contributed by atoms with Crippen molar-refractivity contribution in [2.45, 2.75) is 74.3 Å². The molecule has 0 amide bonds. The summed E-state index contributed by atoms with van der Waals surface area (Å²) in [6.45, 7) is 19.9. The summed E-state index contributed by atoms with van der Waals surface area (Å²) in [4.78, 5) is 0. The SMILES string of the molecule is CCOC(C)C(C)=CC1C(C)=CCCC1(C)C.CCOCC. The Labute approximate surface area is 139 Å². The molecule has 0 aromatic heterocycles. The third-order valence-electron chi connectivity index (χ3n) is 4.48. The van der Waals surface area contributed by atoms with E-state index in [9.17, 15) is 0 Å².